The van der Waals surface area contributed by atoms with Crippen molar-refractivity contribution in [2.24, 2.45) is 0 Å². The van der Waals surface area contributed by atoms with Gasteiger partial charge in [-0.25, -0.2) is 12.8 Å². The molecule has 7 heteroatoms. The number of nitrogen functional groups attached to an aromatic ring is 1. The third-order valence-electron chi connectivity index (χ3n) is 2.61. The van der Waals surface area contributed by atoms with Gasteiger partial charge in [-0.1, -0.05) is 6.07 Å². The summed E-state index contributed by atoms with van der Waals surface area (Å²) in [6.45, 7) is 1.74. The lowest BCUT2D eigenvalue weighted by Gasteiger charge is -2.11. The molecule has 0 atom stereocenters. The second-order valence-corrected chi connectivity index (χ2v) is 6.78. The summed E-state index contributed by atoms with van der Waals surface area (Å²) < 4.78 is 40.8. The van der Waals surface area contributed by atoms with Crippen LogP contribution in [-0.4, -0.2) is 8.42 Å². The van der Waals surface area contributed by atoms with Gasteiger partial charge in [0.05, 0.1) is 5.69 Å². The maximum absolute atomic E-state index is 13.6. The van der Waals surface area contributed by atoms with Gasteiger partial charge in [-0.2, -0.15) is 0 Å². The molecule has 0 saturated carbocycles. The van der Waals surface area contributed by atoms with Gasteiger partial charge in [-0.3, -0.25) is 4.72 Å². The Balaban J connectivity index is 2.46. The Hall–Kier alpha value is -1.60. The van der Waals surface area contributed by atoms with E-state index in [0.717, 1.165) is 5.56 Å². The average molecular weight is 359 g/mol. The van der Waals surface area contributed by atoms with Crippen LogP contribution in [0.15, 0.2) is 45.8 Å². The number of anilines is 2. The summed E-state index contributed by atoms with van der Waals surface area (Å²) in [5.74, 6) is -0.640. The van der Waals surface area contributed by atoms with Gasteiger partial charge in [-0.05, 0) is 58.7 Å². The molecule has 0 aliphatic rings. The number of aryl methyl sites for hydroxylation is 1. The van der Waals surface area contributed by atoms with Crippen LogP contribution in [0.2, 0.25) is 0 Å². The van der Waals surface area contributed by atoms with Crippen LogP contribution < -0.4 is 10.5 Å². The van der Waals surface area contributed by atoms with E-state index in [0.29, 0.717) is 10.2 Å². The van der Waals surface area contributed by atoms with Crippen LogP contribution in [-0.2, 0) is 10.0 Å². The summed E-state index contributed by atoms with van der Waals surface area (Å²) in [6.07, 6.45) is 0. The topological polar surface area (TPSA) is 72.2 Å². The van der Waals surface area contributed by atoms with Crippen molar-refractivity contribution < 1.29 is 12.8 Å². The van der Waals surface area contributed by atoms with E-state index < -0.39 is 15.8 Å². The molecule has 20 heavy (non-hydrogen) atoms. The lowest BCUT2D eigenvalue weighted by Crippen LogP contribution is -2.15. The van der Waals surface area contributed by atoms with Crippen molar-refractivity contribution in [2.45, 2.75) is 11.8 Å². The second kappa shape index (κ2) is 5.41. The summed E-state index contributed by atoms with van der Waals surface area (Å²) in [4.78, 5) is -0.0431. The molecule has 0 unspecified atom stereocenters. The molecule has 0 radical (unpaired) electrons. The minimum absolute atomic E-state index is 0.0431. The van der Waals surface area contributed by atoms with Crippen molar-refractivity contribution in [3.63, 3.8) is 0 Å². The number of nitrogens with one attached hydrogen (secondary N) is 1. The van der Waals surface area contributed by atoms with Crippen molar-refractivity contribution in [1.29, 1.82) is 0 Å². The van der Waals surface area contributed by atoms with E-state index in [9.17, 15) is 12.8 Å². The molecular formula is C13H12BrFN2O2S. The minimum atomic E-state index is -3.92. The van der Waals surface area contributed by atoms with Crippen molar-refractivity contribution in [2.75, 3.05) is 10.5 Å². The first-order chi connectivity index (χ1) is 9.29. The maximum atomic E-state index is 13.6. The van der Waals surface area contributed by atoms with E-state index in [-0.39, 0.29) is 10.6 Å². The summed E-state index contributed by atoms with van der Waals surface area (Å²) in [5, 5.41) is 0. The highest BCUT2D eigenvalue weighted by Gasteiger charge is 2.19. The average Bonchev–Trinajstić information content (AvgIpc) is 2.36. The van der Waals surface area contributed by atoms with E-state index in [1.165, 1.54) is 24.3 Å². The monoisotopic (exact) mass is 358 g/mol. The van der Waals surface area contributed by atoms with Gasteiger partial charge in [0.15, 0.2) is 0 Å². The fourth-order valence-electron chi connectivity index (χ4n) is 1.64. The van der Waals surface area contributed by atoms with E-state index in [1.54, 1.807) is 19.1 Å². The zero-order valence-electron chi connectivity index (χ0n) is 10.5. The first-order valence-corrected chi connectivity index (χ1v) is 7.91. The quantitative estimate of drug-likeness (QED) is 0.827. The van der Waals surface area contributed by atoms with Crippen LogP contribution in [0.4, 0.5) is 15.8 Å². The molecule has 106 valence electrons. The largest absolute Gasteiger partial charge is 0.399 e. The predicted octanol–water partition coefficient (Wildman–Crippen LogP) is 3.28. The highest BCUT2D eigenvalue weighted by atomic mass is 79.9. The molecule has 0 aliphatic carbocycles. The zero-order chi connectivity index (χ0) is 14.9. The Morgan fingerprint density at radius 1 is 1.20 bits per heavy atom. The lowest BCUT2D eigenvalue weighted by atomic mass is 10.2. The van der Waals surface area contributed by atoms with Crippen molar-refractivity contribution in [1.82, 2.24) is 0 Å². The molecule has 0 heterocycles. The van der Waals surface area contributed by atoms with Gasteiger partial charge in [0.1, 0.15) is 10.7 Å². The van der Waals surface area contributed by atoms with Crippen molar-refractivity contribution in [3.8, 4) is 0 Å². The summed E-state index contributed by atoms with van der Waals surface area (Å²) in [7, 11) is -3.92. The zero-order valence-corrected chi connectivity index (χ0v) is 12.9. The van der Waals surface area contributed by atoms with Gasteiger partial charge < -0.3 is 5.73 Å². The molecule has 0 fully saturated rings. The molecule has 0 aliphatic heterocycles. The first-order valence-electron chi connectivity index (χ1n) is 5.63. The van der Waals surface area contributed by atoms with Gasteiger partial charge in [-0.15, -0.1) is 0 Å². The highest BCUT2D eigenvalue weighted by Crippen LogP contribution is 2.27. The van der Waals surface area contributed by atoms with E-state index in [2.05, 4.69) is 20.7 Å². The number of rotatable bonds is 3. The summed E-state index contributed by atoms with van der Waals surface area (Å²) in [6, 6.07) is 8.59. The van der Waals surface area contributed by atoms with Gasteiger partial charge in [0.25, 0.3) is 10.0 Å². The maximum Gasteiger partial charge on any atom is 0.263 e. The molecule has 4 nitrogen and oxygen atoms in total. The van der Waals surface area contributed by atoms with E-state index in [4.69, 9.17) is 5.73 Å². The highest BCUT2D eigenvalue weighted by molar-refractivity contribution is 9.10. The number of hydrogen-bond acceptors (Lipinski definition) is 3. The van der Waals surface area contributed by atoms with Gasteiger partial charge in [0, 0.05) is 10.2 Å². The molecule has 0 saturated heterocycles. The smallest absolute Gasteiger partial charge is 0.263 e. The molecule has 2 rings (SSSR count). The molecule has 0 bridgehead atoms. The van der Waals surface area contributed by atoms with E-state index in [1.807, 2.05) is 0 Å². The predicted molar refractivity (Wildman–Crippen MR) is 80.5 cm³/mol. The van der Waals surface area contributed by atoms with Gasteiger partial charge >= 0.3 is 0 Å². The van der Waals surface area contributed by atoms with Crippen LogP contribution in [0, 0.1) is 12.7 Å². The number of hydrogen-bond donors (Lipinski definition) is 2. The Bertz CT molecular complexity index is 763. The summed E-state index contributed by atoms with van der Waals surface area (Å²) in [5.41, 5.74) is 6.54. The standard InChI is InChI=1S/C13H12BrFN2O2S/c1-8-2-5-11(15)12(6-8)17-20(18,19)13-7-9(16)3-4-10(13)14/h2-7,17H,16H2,1H3. The van der Waals surface area contributed by atoms with Crippen LogP contribution in [0.3, 0.4) is 0 Å². The van der Waals surface area contributed by atoms with Crippen molar-refractivity contribution >= 4 is 37.3 Å². The Kier molecular flexibility index (Phi) is 4.01. The molecule has 2 aromatic rings. The normalized spacial score (nSPS) is 11.3. The van der Waals surface area contributed by atoms with Crippen LogP contribution in [0.5, 0.6) is 0 Å². The fourth-order valence-corrected chi connectivity index (χ4v) is 3.70. The molecular weight excluding hydrogens is 347 g/mol. The molecule has 0 aromatic heterocycles. The minimum Gasteiger partial charge on any atom is -0.399 e. The SMILES string of the molecule is Cc1ccc(F)c(NS(=O)(=O)c2cc(N)ccc2Br)c1. The third kappa shape index (κ3) is 3.10. The Morgan fingerprint density at radius 3 is 2.60 bits per heavy atom. The molecule has 0 spiro atoms. The van der Waals surface area contributed by atoms with Gasteiger partial charge in [0.2, 0.25) is 0 Å². The number of benzene rings is 2. The first kappa shape index (κ1) is 14.8. The van der Waals surface area contributed by atoms with Crippen LogP contribution in [0.25, 0.3) is 0 Å². The third-order valence-corrected chi connectivity index (χ3v) is 4.97. The number of nitrogens with two attached hydrogens (primary N) is 1. The van der Waals surface area contributed by atoms with Crippen molar-refractivity contribution in [3.05, 3.63) is 52.3 Å². The van der Waals surface area contributed by atoms with Crippen LogP contribution in [0.1, 0.15) is 5.56 Å². The second-order valence-electron chi connectivity index (χ2n) is 4.28. The number of sulfonamides is 1. The molecule has 3 N–H and O–H groups in total. The molecule has 0 amide bonds. The number of halogens is 2. The Morgan fingerprint density at radius 2 is 1.90 bits per heavy atom. The lowest BCUT2D eigenvalue weighted by molar-refractivity contribution is 0.598. The fraction of sp³-hybridized carbons (Fsp3) is 0.0769. The van der Waals surface area contributed by atoms with E-state index >= 15 is 0 Å². The molecule has 2 aromatic carbocycles. The Labute approximate surface area is 125 Å². The summed E-state index contributed by atoms with van der Waals surface area (Å²) >= 11 is 3.14. The van der Waals surface area contributed by atoms with Crippen LogP contribution >= 0.6 is 15.9 Å².